The van der Waals surface area contributed by atoms with E-state index in [1.807, 2.05) is 4.90 Å². The molecule has 4 nitrogen and oxygen atoms in total. The van der Waals surface area contributed by atoms with Crippen LogP contribution >= 0.6 is 11.3 Å². The van der Waals surface area contributed by atoms with Crippen molar-refractivity contribution < 1.29 is 9.53 Å². The van der Waals surface area contributed by atoms with Gasteiger partial charge in [-0.2, -0.15) is 11.3 Å². The maximum absolute atomic E-state index is 12.8. The van der Waals surface area contributed by atoms with Gasteiger partial charge >= 0.3 is 0 Å². The monoisotopic (exact) mass is 294 g/mol. The second kappa shape index (κ2) is 5.47. The summed E-state index contributed by atoms with van der Waals surface area (Å²) in [6, 6.07) is 2.20. The summed E-state index contributed by atoms with van der Waals surface area (Å²) < 4.78 is 5.67. The molecule has 2 saturated heterocycles. The molecule has 2 fully saturated rings. The zero-order valence-electron chi connectivity index (χ0n) is 12.2. The highest BCUT2D eigenvalue weighted by Gasteiger charge is 2.47. The first kappa shape index (κ1) is 14.0. The second-order valence-electron chi connectivity index (χ2n) is 6.03. The van der Waals surface area contributed by atoms with E-state index in [0.717, 1.165) is 13.0 Å². The number of nitrogens with one attached hydrogen (secondary N) is 1. The average molecular weight is 294 g/mol. The largest absolute Gasteiger partial charge is 0.376 e. The standard InChI is InChI=1S/C15H22N2O2S/c1-9(2)13-15(18)17(12-4-6-19-10(12)3)14(16-13)11-5-7-20-8-11/h5,7-10,12-14,16H,4,6H2,1-3H3. The molecule has 0 saturated carbocycles. The van der Waals surface area contributed by atoms with Crippen LogP contribution < -0.4 is 5.32 Å². The predicted molar refractivity (Wildman–Crippen MR) is 79.5 cm³/mol. The minimum absolute atomic E-state index is 0.00435. The van der Waals surface area contributed by atoms with Crippen LogP contribution in [0, 0.1) is 5.92 Å². The van der Waals surface area contributed by atoms with Gasteiger partial charge in [0.15, 0.2) is 0 Å². The number of carbonyl (C=O) groups excluding carboxylic acids is 1. The van der Waals surface area contributed by atoms with E-state index in [1.54, 1.807) is 11.3 Å². The molecular weight excluding hydrogens is 272 g/mol. The van der Waals surface area contributed by atoms with Crippen molar-refractivity contribution in [3.05, 3.63) is 22.4 Å². The number of ether oxygens (including phenoxy) is 1. The first-order valence-electron chi connectivity index (χ1n) is 7.31. The molecular formula is C15H22N2O2S. The predicted octanol–water partition coefficient (Wildman–Crippen LogP) is 2.38. The Morgan fingerprint density at radius 2 is 2.30 bits per heavy atom. The van der Waals surface area contributed by atoms with Crippen molar-refractivity contribution in [2.45, 2.75) is 51.5 Å². The van der Waals surface area contributed by atoms with Crippen molar-refractivity contribution in [3.8, 4) is 0 Å². The smallest absolute Gasteiger partial charge is 0.241 e. The summed E-state index contributed by atoms with van der Waals surface area (Å²) in [6.07, 6.45) is 1.04. The maximum Gasteiger partial charge on any atom is 0.241 e. The summed E-state index contributed by atoms with van der Waals surface area (Å²) in [5.74, 6) is 0.518. The van der Waals surface area contributed by atoms with E-state index >= 15 is 0 Å². The molecule has 1 amide bonds. The van der Waals surface area contributed by atoms with Crippen molar-refractivity contribution in [1.82, 2.24) is 10.2 Å². The van der Waals surface area contributed by atoms with Gasteiger partial charge in [-0.1, -0.05) is 13.8 Å². The number of hydrogen-bond acceptors (Lipinski definition) is 4. The molecule has 4 atom stereocenters. The summed E-state index contributed by atoms with van der Waals surface area (Å²) in [7, 11) is 0. The molecule has 0 aliphatic carbocycles. The van der Waals surface area contributed by atoms with Crippen LogP contribution in [0.1, 0.15) is 38.9 Å². The average Bonchev–Trinajstić information content (AvgIpc) is 3.08. The third-order valence-corrected chi connectivity index (χ3v) is 5.06. The molecule has 2 aliphatic heterocycles. The molecule has 0 spiro atoms. The van der Waals surface area contributed by atoms with Gasteiger partial charge in [-0.3, -0.25) is 10.1 Å². The number of carbonyl (C=O) groups is 1. The van der Waals surface area contributed by atoms with Gasteiger partial charge in [0, 0.05) is 6.61 Å². The van der Waals surface area contributed by atoms with E-state index in [1.165, 1.54) is 5.56 Å². The topological polar surface area (TPSA) is 41.6 Å². The molecule has 20 heavy (non-hydrogen) atoms. The van der Waals surface area contributed by atoms with Crippen LogP contribution in [0.2, 0.25) is 0 Å². The molecule has 4 unspecified atom stereocenters. The van der Waals surface area contributed by atoms with Crippen LogP contribution in [-0.4, -0.2) is 35.6 Å². The van der Waals surface area contributed by atoms with Crippen molar-refractivity contribution in [3.63, 3.8) is 0 Å². The van der Waals surface area contributed by atoms with E-state index < -0.39 is 0 Å². The Bertz CT molecular complexity index is 474. The van der Waals surface area contributed by atoms with Gasteiger partial charge in [0.2, 0.25) is 5.91 Å². The number of rotatable bonds is 3. The Kier molecular flexibility index (Phi) is 3.84. The zero-order valence-corrected chi connectivity index (χ0v) is 13.0. The van der Waals surface area contributed by atoms with Gasteiger partial charge in [-0.15, -0.1) is 0 Å². The van der Waals surface area contributed by atoms with Crippen molar-refractivity contribution in [1.29, 1.82) is 0 Å². The van der Waals surface area contributed by atoms with E-state index in [-0.39, 0.29) is 30.3 Å². The molecule has 0 radical (unpaired) electrons. The number of thiophene rings is 1. The molecule has 1 N–H and O–H groups in total. The fourth-order valence-corrected chi connectivity index (χ4v) is 3.89. The summed E-state index contributed by atoms with van der Waals surface area (Å²) >= 11 is 1.67. The first-order valence-corrected chi connectivity index (χ1v) is 8.26. The molecule has 0 aromatic carbocycles. The van der Waals surface area contributed by atoms with Gasteiger partial charge < -0.3 is 9.64 Å². The third kappa shape index (κ3) is 2.28. The molecule has 3 rings (SSSR count). The van der Waals surface area contributed by atoms with Crippen LogP contribution in [0.15, 0.2) is 16.8 Å². The Labute approximate surface area is 124 Å². The van der Waals surface area contributed by atoms with Crippen LogP contribution in [0.3, 0.4) is 0 Å². The minimum atomic E-state index is -0.0901. The SMILES string of the molecule is CC(C)C1NC(c2ccsc2)N(C2CCOC2C)C1=O. The van der Waals surface area contributed by atoms with Crippen LogP contribution in [0.5, 0.6) is 0 Å². The van der Waals surface area contributed by atoms with E-state index in [2.05, 4.69) is 42.9 Å². The van der Waals surface area contributed by atoms with E-state index in [0.29, 0.717) is 5.92 Å². The van der Waals surface area contributed by atoms with Gasteiger partial charge in [0.05, 0.1) is 18.2 Å². The summed E-state index contributed by atoms with van der Waals surface area (Å²) in [6.45, 7) is 7.01. The Morgan fingerprint density at radius 3 is 2.85 bits per heavy atom. The highest BCUT2D eigenvalue weighted by molar-refractivity contribution is 7.07. The lowest BCUT2D eigenvalue weighted by molar-refractivity contribution is -0.134. The molecule has 3 heterocycles. The van der Waals surface area contributed by atoms with Crippen LogP contribution in [0.25, 0.3) is 0 Å². The zero-order chi connectivity index (χ0) is 14.3. The van der Waals surface area contributed by atoms with Crippen LogP contribution in [0.4, 0.5) is 0 Å². The highest BCUT2D eigenvalue weighted by atomic mass is 32.1. The molecule has 1 aromatic rings. The lowest BCUT2D eigenvalue weighted by Gasteiger charge is -2.31. The summed E-state index contributed by atoms with van der Waals surface area (Å²) in [5, 5.41) is 7.71. The van der Waals surface area contributed by atoms with Crippen molar-refractivity contribution in [2.24, 2.45) is 5.92 Å². The molecule has 110 valence electrons. The molecule has 2 aliphatic rings. The van der Waals surface area contributed by atoms with Crippen molar-refractivity contribution in [2.75, 3.05) is 6.61 Å². The quantitative estimate of drug-likeness (QED) is 0.930. The second-order valence-corrected chi connectivity index (χ2v) is 6.81. The highest BCUT2D eigenvalue weighted by Crippen LogP contribution is 2.35. The van der Waals surface area contributed by atoms with Gasteiger partial charge in [-0.05, 0) is 41.7 Å². The maximum atomic E-state index is 12.8. The van der Waals surface area contributed by atoms with Crippen LogP contribution in [-0.2, 0) is 9.53 Å². The van der Waals surface area contributed by atoms with Gasteiger partial charge in [0.25, 0.3) is 0 Å². The number of hydrogen-bond donors (Lipinski definition) is 1. The Balaban J connectivity index is 1.92. The first-order chi connectivity index (χ1) is 9.59. The number of amides is 1. The fourth-order valence-electron chi connectivity index (χ4n) is 3.22. The third-order valence-electron chi connectivity index (χ3n) is 4.36. The lowest BCUT2D eigenvalue weighted by atomic mass is 10.0. The van der Waals surface area contributed by atoms with Crippen molar-refractivity contribution >= 4 is 17.2 Å². The lowest BCUT2D eigenvalue weighted by Crippen LogP contribution is -2.44. The summed E-state index contributed by atoms with van der Waals surface area (Å²) in [5.41, 5.74) is 1.19. The molecule has 5 heteroatoms. The number of nitrogens with zero attached hydrogens (tertiary/aromatic N) is 1. The van der Waals surface area contributed by atoms with E-state index in [9.17, 15) is 4.79 Å². The Hall–Kier alpha value is -0.910. The van der Waals surface area contributed by atoms with Gasteiger partial charge in [-0.25, -0.2) is 0 Å². The van der Waals surface area contributed by atoms with Gasteiger partial charge in [0.1, 0.15) is 6.17 Å². The summed E-state index contributed by atoms with van der Waals surface area (Å²) in [4.78, 5) is 14.8. The Morgan fingerprint density at radius 1 is 1.50 bits per heavy atom. The fraction of sp³-hybridized carbons (Fsp3) is 0.667. The normalized spacial score (nSPS) is 34.4. The molecule has 1 aromatic heterocycles. The minimum Gasteiger partial charge on any atom is -0.376 e. The molecule has 0 bridgehead atoms. The van der Waals surface area contributed by atoms with E-state index in [4.69, 9.17) is 4.74 Å².